The Labute approximate surface area is 142 Å². The molecule has 0 aliphatic carbocycles. The second-order valence-electron chi connectivity index (χ2n) is 5.44. The molecule has 0 spiro atoms. The van der Waals surface area contributed by atoms with Crippen LogP contribution in [-0.4, -0.2) is 18.6 Å². The van der Waals surface area contributed by atoms with Gasteiger partial charge in [0.15, 0.2) is 0 Å². The fourth-order valence-corrected chi connectivity index (χ4v) is 2.41. The van der Waals surface area contributed by atoms with Crippen molar-refractivity contribution in [3.8, 4) is 5.75 Å². The molecule has 0 aliphatic rings. The highest BCUT2D eigenvalue weighted by atomic mass is 35.5. The van der Waals surface area contributed by atoms with E-state index in [2.05, 4.69) is 12.2 Å². The molecule has 1 amide bonds. The number of nitrogens with one attached hydrogen (secondary N) is 1. The minimum Gasteiger partial charge on any atom is -0.489 e. The fourth-order valence-electron chi connectivity index (χ4n) is 2.19. The monoisotopic (exact) mass is 331 g/mol. The lowest BCUT2D eigenvalue weighted by Crippen LogP contribution is -2.35. The van der Waals surface area contributed by atoms with E-state index in [1.54, 1.807) is 0 Å². The molecule has 0 aliphatic heterocycles. The van der Waals surface area contributed by atoms with Crippen molar-refractivity contribution in [1.29, 1.82) is 0 Å². The van der Waals surface area contributed by atoms with Gasteiger partial charge in [0, 0.05) is 0 Å². The summed E-state index contributed by atoms with van der Waals surface area (Å²) in [6, 6.07) is 17.3. The second kappa shape index (κ2) is 8.59. The summed E-state index contributed by atoms with van der Waals surface area (Å²) in [5.74, 6) is 0.587. The number of benzene rings is 2. The van der Waals surface area contributed by atoms with E-state index >= 15 is 0 Å². The van der Waals surface area contributed by atoms with Gasteiger partial charge in [0.1, 0.15) is 17.2 Å². The number of amides is 1. The van der Waals surface area contributed by atoms with Crippen molar-refractivity contribution < 1.29 is 9.53 Å². The SMILES string of the molecule is CCc1ccc(OC(C)CNC(=O)C(Cl)c2ccccc2)cc1. The maximum absolute atomic E-state index is 12.1. The molecule has 23 heavy (non-hydrogen) atoms. The molecule has 122 valence electrons. The fraction of sp³-hybridized carbons (Fsp3) is 0.316. The average molecular weight is 332 g/mol. The number of ether oxygens (including phenoxy) is 1. The van der Waals surface area contributed by atoms with E-state index in [-0.39, 0.29) is 12.0 Å². The first-order chi connectivity index (χ1) is 11.1. The van der Waals surface area contributed by atoms with E-state index in [0.29, 0.717) is 6.54 Å². The molecule has 2 atom stereocenters. The van der Waals surface area contributed by atoms with Crippen LogP contribution >= 0.6 is 11.6 Å². The van der Waals surface area contributed by atoms with Crippen LogP contribution in [0, 0.1) is 0 Å². The van der Waals surface area contributed by atoms with Crippen LogP contribution in [0.15, 0.2) is 54.6 Å². The number of alkyl halides is 1. The Balaban J connectivity index is 1.81. The van der Waals surface area contributed by atoms with Crippen LogP contribution in [-0.2, 0) is 11.2 Å². The lowest BCUT2D eigenvalue weighted by Gasteiger charge is -2.17. The first kappa shape index (κ1) is 17.4. The van der Waals surface area contributed by atoms with Gasteiger partial charge in [-0.25, -0.2) is 0 Å². The second-order valence-corrected chi connectivity index (χ2v) is 5.88. The molecule has 1 N–H and O–H groups in total. The zero-order valence-electron chi connectivity index (χ0n) is 13.5. The Bertz CT molecular complexity index is 613. The van der Waals surface area contributed by atoms with Crippen LogP contribution in [0.3, 0.4) is 0 Å². The van der Waals surface area contributed by atoms with Crippen molar-refractivity contribution >= 4 is 17.5 Å². The summed E-state index contributed by atoms with van der Waals surface area (Å²) < 4.78 is 5.79. The molecule has 0 aromatic heterocycles. The zero-order valence-corrected chi connectivity index (χ0v) is 14.2. The van der Waals surface area contributed by atoms with Crippen LogP contribution in [0.25, 0.3) is 0 Å². The molecule has 0 heterocycles. The van der Waals surface area contributed by atoms with Gasteiger partial charge in [-0.1, -0.05) is 49.4 Å². The molecule has 0 bridgehead atoms. The third kappa shape index (κ3) is 5.29. The summed E-state index contributed by atoms with van der Waals surface area (Å²) in [5.41, 5.74) is 2.06. The Morgan fingerprint density at radius 1 is 1.13 bits per heavy atom. The molecule has 0 fully saturated rings. The number of rotatable bonds is 7. The number of hydrogen-bond donors (Lipinski definition) is 1. The average Bonchev–Trinajstić information content (AvgIpc) is 2.60. The molecular weight excluding hydrogens is 310 g/mol. The summed E-state index contributed by atoms with van der Waals surface area (Å²) in [4.78, 5) is 12.1. The van der Waals surface area contributed by atoms with Gasteiger partial charge in [0.05, 0.1) is 6.54 Å². The first-order valence-corrected chi connectivity index (χ1v) is 8.26. The van der Waals surface area contributed by atoms with Gasteiger partial charge >= 0.3 is 0 Å². The van der Waals surface area contributed by atoms with Crippen LogP contribution in [0.1, 0.15) is 30.4 Å². The number of carbonyl (C=O) groups is 1. The van der Waals surface area contributed by atoms with Gasteiger partial charge < -0.3 is 10.1 Å². The molecule has 0 radical (unpaired) electrons. The van der Waals surface area contributed by atoms with E-state index in [0.717, 1.165) is 17.7 Å². The van der Waals surface area contributed by atoms with Crippen molar-refractivity contribution in [3.05, 3.63) is 65.7 Å². The van der Waals surface area contributed by atoms with Crippen molar-refractivity contribution in [1.82, 2.24) is 5.32 Å². The highest BCUT2D eigenvalue weighted by molar-refractivity contribution is 6.30. The number of carbonyl (C=O) groups excluding carboxylic acids is 1. The van der Waals surface area contributed by atoms with E-state index in [9.17, 15) is 4.79 Å². The smallest absolute Gasteiger partial charge is 0.242 e. The largest absolute Gasteiger partial charge is 0.489 e. The Hall–Kier alpha value is -2.00. The van der Waals surface area contributed by atoms with E-state index in [1.807, 2.05) is 61.5 Å². The molecular formula is C19H22ClNO2. The molecule has 0 saturated carbocycles. The molecule has 2 aromatic rings. The number of aryl methyl sites for hydroxylation is 1. The first-order valence-electron chi connectivity index (χ1n) is 7.82. The van der Waals surface area contributed by atoms with Crippen LogP contribution in [0.4, 0.5) is 0 Å². The zero-order chi connectivity index (χ0) is 16.7. The van der Waals surface area contributed by atoms with Crippen LogP contribution < -0.4 is 10.1 Å². The van der Waals surface area contributed by atoms with E-state index in [4.69, 9.17) is 16.3 Å². The van der Waals surface area contributed by atoms with Crippen molar-refractivity contribution in [3.63, 3.8) is 0 Å². The lowest BCUT2D eigenvalue weighted by molar-refractivity contribution is -0.121. The highest BCUT2D eigenvalue weighted by Gasteiger charge is 2.17. The number of hydrogen-bond acceptors (Lipinski definition) is 2. The van der Waals surface area contributed by atoms with Gasteiger partial charge in [-0.05, 0) is 36.6 Å². The summed E-state index contributed by atoms with van der Waals surface area (Å²) >= 11 is 6.18. The molecule has 2 unspecified atom stereocenters. The van der Waals surface area contributed by atoms with Gasteiger partial charge in [0.25, 0.3) is 0 Å². The predicted molar refractivity (Wildman–Crippen MR) is 94.0 cm³/mol. The van der Waals surface area contributed by atoms with Crippen molar-refractivity contribution in [2.24, 2.45) is 0 Å². The normalized spacial score (nSPS) is 13.2. The maximum atomic E-state index is 12.1. The van der Waals surface area contributed by atoms with Crippen LogP contribution in [0.2, 0.25) is 0 Å². The summed E-state index contributed by atoms with van der Waals surface area (Å²) in [5, 5.41) is 2.14. The van der Waals surface area contributed by atoms with Gasteiger partial charge in [-0.15, -0.1) is 11.6 Å². The van der Waals surface area contributed by atoms with E-state index in [1.165, 1.54) is 5.56 Å². The minimum atomic E-state index is -0.688. The Morgan fingerprint density at radius 3 is 2.39 bits per heavy atom. The molecule has 2 rings (SSSR count). The molecule has 2 aromatic carbocycles. The number of halogens is 1. The molecule has 3 nitrogen and oxygen atoms in total. The Kier molecular flexibility index (Phi) is 6.48. The van der Waals surface area contributed by atoms with Gasteiger partial charge in [-0.3, -0.25) is 4.79 Å². The van der Waals surface area contributed by atoms with Crippen molar-refractivity contribution in [2.45, 2.75) is 31.7 Å². The van der Waals surface area contributed by atoms with E-state index < -0.39 is 5.38 Å². The third-order valence-electron chi connectivity index (χ3n) is 3.56. The topological polar surface area (TPSA) is 38.3 Å². The summed E-state index contributed by atoms with van der Waals surface area (Å²) in [7, 11) is 0. The van der Waals surface area contributed by atoms with Gasteiger partial charge in [-0.2, -0.15) is 0 Å². The summed E-state index contributed by atoms with van der Waals surface area (Å²) in [6.07, 6.45) is 0.869. The minimum absolute atomic E-state index is 0.133. The predicted octanol–water partition coefficient (Wildman–Crippen LogP) is 4.11. The Morgan fingerprint density at radius 2 is 1.78 bits per heavy atom. The van der Waals surface area contributed by atoms with Gasteiger partial charge in [0.2, 0.25) is 5.91 Å². The summed E-state index contributed by atoms with van der Waals surface area (Å²) in [6.45, 7) is 4.44. The molecule has 0 saturated heterocycles. The van der Waals surface area contributed by atoms with Crippen LogP contribution in [0.5, 0.6) is 5.75 Å². The molecule has 4 heteroatoms. The lowest BCUT2D eigenvalue weighted by atomic mass is 10.1. The van der Waals surface area contributed by atoms with Crippen molar-refractivity contribution in [2.75, 3.05) is 6.54 Å². The third-order valence-corrected chi connectivity index (χ3v) is 4.01. The maximum Gasteiger partial charge on any atom is 0.242 e. The standard InChI is InChI=1S/C19H22ClNO2/c1-3-15-9-11-17(12-10-15)23-14(2)13-21-19(22)18(20)16-7-5-4-6-8-16/h4-12,14,18H,3,13H2,1-2H3,(H,21,22). The quantitative estimate of drug-likeness (QED) is 0.775. The highest BCUT2D eigenvalue weighted by Crippen LogP contribution is 2.20.